The molecule has 0 aliphatic heterocycles. The monoisotopic (exact) mass is 286 g/mol. The number of benzene rings is 2. The van der Waals surface area contributed by atoms with E-state index in [0.717, 1.165) is 5.56 Å². The van der Waals surface area contributed by atoms with Crippen LogP contribution in [0, 0.1) is 12.7 Å². The van der Waals surface area contributed by atoms with Crippen molar-refractivity contribution in [2.45, 2.75) is 19.9 Å². The minimum absolute atomic E-state index is 0.0118. The summed E-state index contributed by atoms with van der Waals surface area (Å²) < 4.78 is 14.2. The first-order valence-electron chi connectivity index (χ1n) is 6.79. The molecule has 0 spiro atoms. The zero-order chi connectivity index (χ0) is 15.6. The Bertz CT molecular complexity index is 655. The van der Waals surface area contributed by atoms with E-state index >= 15 is 0 Å². The minimum Gasteiger partial charge on any atom is -0.399 e. The zero-order valence-electron chi connectivity index (χ0n) is 12.4. The quantitative estimate of drug-likeness (QED) is 0.877. The van der Waals surface area contributed by atoms with Crippen LogP contribution in [0.2, 0.25) is 0 Å². The van der Waals surface area contributed by atoms with Gasteiger partial charge in [-0.25, -0.2) is 4.39 Å². The molecule has 4 heteroatoms. The van der Waals surface area contributed by atoms with Gasteiger partial charge < -0.3 is 10.6 Å². The van der Waals surface area contributed by atoms with Crippen LogP contribution < -0.4 is 5.73 Å². The van der Waals surface area contributed by atoms with E-state index in [2.05, 4.69) is 0 Å². The standard InChI is InChI=1S/C17H19FN2O/c1-11-9-14(19)10-15(16(11)18)17(21)20(3)12(2)13-7-5-4-6-8-13/h4-10,12H,19H2,1-3H3. The lowest BCUT2D eigenvalue weighted by Crippen LogP contribution is -2.30. The van der Waals surface area contributed by atoms with Crippen molar-refractivity contribution in [1.29, 1.82) is 0 Å². The predicted molar refractivity (Wildman–Crippen MR) is 82.5 cm³/mol. The van der Waals surface area contributed by atoms with Crippen molar-refractivity contribution in [3.05, 3.63) is 65.0 Å². The summed E-state index contributed by atoms with van der Waals surface area (Å²) in [7, 11) is 1.66. The second-order valence-electron chi connectivity index (χ2n) is 5.20. The number of rotatable bonds is 3. The number of carbonyl (C=O) groups is 1. The van der Waals surface area contributed by atoms with E-state index in [1.54, 1.807) is 14.0 Å². The van der Waals surface area contributed by atoms with Crippen molar-refractivity contribution in [1.82, 2.24) is 4.90 Å². The van der Waals surface area contributed by atoms with Gasteiger partial charge in [-0.1, -0.05) is 30.3 Å². The molecule has 2 N–H and O–H groups in total. The van der Waals surface area contributed by atoms with E-state index in [-0.39, 0.29) is 17.5 Å². The first kappa shape index (κ1) is 15.0. The van der Waals surface area contributed by atoms with Crippen molar-refractivity contribution in [2.75, 3.05) is 12.8 Å². The molecule has 2 rings (SSSR count). The largest absolute Gasteiger partial charge is 0.399 e. The molecule has 0 aromatic heterocycles. The van der Waals surface area contributed by atoms with E-state index in [1.165, 1.54) is 17.0 Å². The number of aryl methyl sites for hydroxylation is 1. The lowest BCUT2D eigenvalue weighted by molar-refractivity contribution is 0.0737. The van der Waals surface area contributed by atoms with Crippen LogP contribution in [0.15, 0.2) is 42.5 Å². The van der Waals surface area contributed by atoms with Crippen LogP contribution in [0.25, 0.3) is 0 Å². The van der Waals surface area contributed by atoms with E-state index in [0.29, 0.717) is 11.3 Å². The SMILES string of the molecule is Cc1cc(N)cc(C(=O)N(C)C(C)c2ccccc2)c1F. The third-order valence-electron chi connectivity index (χ3n) is 3.69. The zero-order valence-corrected chi connectivity index (χ0v) is 12.4. The number of anilines is 1. The first-order valence-corrected chi connectivity index (χ1v) is 6.79. The Hall–Kier alpha value is -2.36. The van der Waals surface area contributed by atoms with E-state index in [1.807, 2.05) is 37.3 Å². The molecule has 2 aromatic carbocycles. The summed E-state index contributed by atoms with van der Waals surface area (Å²) in [4.78, 5) is 14.0. The van der Waals surface area contributed by atoms with Gasteiger partial charge in [0.15, 0.2) is 0 Å². The van der Waals surface area contributed by atoms with Crippen molar-refractivity contribution in [3.8, 4) is 0 Å². The summed E-state index contributed by atoms with van der Waals surface area (Å²) in [6.07, 6.45) is 0. The number of nitrogens with zero attached hydrogens (tertiary/aromatic N) is 1. The molecule has 0 aliphatic carbocycles. The van der Waals surface area contributed by atoms with Gasteiger partial charge in [-0.2, -0.15) is 0 Å². The molecule has 0 heterocycles. The maximum Gasteiger partial charge on any atom is 0.257 e. The van der Waals surface area contributed by atoms with Gasteiger partial charge in [-0.05, 0) is 37.1 Å². The molecular formula is C17H19FN2O. The first-order chi connectivity index (χ1) is 9.91. The number of nitrogens with two attached hydrogens (primary N) is 1. The summed E-state index contributed by atoms with van der Waals surface area (Å²) in [6.45, 7) is 3.51. The normalized spacial score (nSPS) is 12.0. The van der Waals surface area contributed by atoms with Crippen LogP contribution in [-0.4, -0.2) is 17.9 Å². The minimum atomic E-state index is -0.513. The molecule has 1 atom stereocenters. The van der Waals surface area contributed by atoms with E-state index in [9.17, 15) is 9.18 Å². The van der Waals surface area contributed by atoms with Gasteiger partial charge in [0.2, 0.25) is 0 Å². The van der Waals surface area contributed by atoms with Crippen molar-refractivity contribution >= 4 is 11.6 Å². The van der Waals surface area contributed by atoms with E-state index < -0.39 is 5.82 Å². The summed E-state index contributed by atoms with van der Waals surface area (Å²) in [5.41, 5.74) is 7.48. The van der Waals surface area contributed by atoms with Crippen molar-refractivity contribution in [3.63, 3.8) is 0 Å². The third-order valence-corrected chi connectivity index (χ3v) is 3.69. The Morgan fingerprint density at radius 2 is 1.86 bits per heavy atom. The van der Waals surface area contributed by atoms with Crippen LogP contribution in [0.4, 0.5) is 10.1 Å². The fraction of sp³-hybridized carbons (Fsp3) is 0.235. The molecular weight excluding hydrogens is 267 g/mol. The molecule has 110 valence electrons. The fourth-order valence-corrected chi connectivity index (χ4v) is 2.27. The number of carbonyl (C=O) groups excluding carboxylic acids is 1. The Kier molecular flexibility index (Phi) is 4.26. The number of nitrogen functional groups attached to an aromatic ring is 1. The average Bonchev–Trinajstić information content (AvgIpc) is 2.49. The molecule has 3 nitrogen and oxygen atoms in total. The molecule has 1 unspecified atom stereocenters. The van der Waals surface area contributed by atoms with E-state index in [4.69, 9.17) is 5.73 Å². The smallest absolute Gasteiger partial charge is 0.257 e. The van der Waals surface area contributed by atoms with Gasteiger partial charge in [0.05, 0.1) is 11.6 Å². The average molecular weight is 286 g/mol. The summed E-state index contributed by atoms with van der Waals surface area (Å²) in [5.74, 6) is -0.888. The summed E-state index contributed by atoms with van der Waals surface area (Å²) in [6, 6.07) is 12.4. The number of hydrogen-bond donors (Lipinski definition) is 1. The molecule has 0 radical (unpaired) electrons. The highest BCUT2D eigenvalue weighted by molar-refractivity contribution is 5.95. The molecule has 0 aliphatic rings. The molecule has 0 bridgehead atoms. The van der Waals surface area contributed by atoms with Crippen LogP contribution in [0.3, 0.4) is 0 Å². The molecule has 0 saturated heterocycles. The van der Waals surface area contributed by atoms with Crippen LogP contribution in [0.1, 0.15) is 34.5 Å². The van der Waals surface area contributed by atoms with Gasteiger partial charge in [0.1, 0.15) is 5.82 Å². The van der Waals surface area contributed by atoms with Gasteiger partial charge in [-0.15, -0.1) is 0 Å². The molecule has 2 aromatic rings. The van der Waals surface area contributed by atoms with Crippen LogP contribution in [-0.2, 0) is 0 Å². The van der Waals surface area contributed by atoms with Crippen LogP contribution in [0.5, 0.6) is 0 Å². The Balaban J connectivity index is 2.32. The maximum absolute atomic E-state index is 14.2. The van der Waals surface area contributed by atoms with Crippen LogP contribution >= 0.6 is 0 Å². The van der Waals surface area contributed by atoms with Gasteiger partial charge in [0, 0.05) is 12.7 Å². The lowest BCUT2D eigenvalue weighted by atomic mass is 10.0. The predicted octanol–water partition coefficient (Wildman–Crippen LogP) is 3.55. The number of hydrogen-bond acceptors (Lipinski definition) is 2. The molecule has 0 fully saturated rings. The number of amides is 1. The summed E-state index contributed by atoms with van der Waals surface area (Å²) >= 11 is 0. The second kappa shape index (κ2) is 5.95. The maximum atomic E-state index is 14.2. The molecule has 1 amide bonds. The molecule has 21 heavy (non-hydrogen) atoms. The molecule has 0 saturated carbocycles. The highest BCUT2D eigenvalue weighted by Gasteiger charge is 2.22. The topological polar surface area (TPSA) is 46.3 Å². The second-order valence-corrected chi connectivity index (χ2v) is 5.20. The summed E-state index contributed by atoms with van der Waals surface area (Å²) in [5, 5.41) is 0. The fourth-order valence-electron chi connectivity index (χ4n) is 2.27. The van der Waals surface area contributed by atoms with Gasteiger partial charge in [0.25, 0.3) is 5.91 Å². The Morgan fingerprint density at radius 1 is 1.24 bits per heavy atom. The van der Waals surface area contributed by atoms with Crippen molar-refractivity contribution < 1.29 is 9.18 Å². The number of halogens is 1. The van der Waals surface area contributed by atoms with Gasteiger partial charge >= 0.3 is 0 Å². The lowest BCUT2D eigenvalue weighted by Gasteiger charge is -2.26. The van der Waals surface area contributed by atoms with Gasteiger partial charge in [-0.3, -0.25) is 4.79 Å². The highest BCUT2D eigenvalue weighted by atomic mass is 19.1. The Labute approximate surface area is 124 Å². The Morgan fingerprint density at radius 3 is 2.48 bits per heavy atom. The van der Waals surface area contributed by atoms with Crippen molar-refractivity contribution in [2.24, 2.45) is 0 Å². The highest BCUT2D eigenvalue weighted by Crippen LogP contribution is 2.23. The third kappa shape index (κ3) is 3.05.